The van der Waals surface area contributed by atoms with Crippen LogP contribution in [0.4, 0.5) is 0 Å². The van der Waals surface area contributed by atoms with E-state index in [0.717, 1.165) is 49.7 Å². The van der Waals surface area contributed by atoms with Gasteiger partial charge in [0.1, 0.15) is 7.05 Å². The van der Waals surface area contributed by atoms with Crippen molar-refractivity contribution in [3.8, 4) is 23.0 Å². The molecule has 0 saturated carbocycles. The van der Waals surface area contributed by atoms with Gasteiger partial charge in [-0.3, -0.25) is 0 Å². The van der Waals surface area contributed by atoms with Crippen LogP contribution < -0.4 is 23.5 Å². The number of hydrogen-bond donors (Lipinski definition) is 0. The van der Waals surface area contributed by atoms with Crippen LogP contribution in [0.5, 0.6) is 23.0 Å². The number of aryl methyl sites for hydroxylation is 1. The monoisotopic (exact) mass is 378 g/mol. The Hall–Kier alpha value is -3.21. The van der Waals surface area contributed by atoms with Gasteiger partial charge >= 0.3 is 0 Å². The van der Waals surface area contributed by atoms with E-state index in [2.05, 4.69) is 36.0 Å². The fourth-order valence-corrected chi connectivity index (χ4v) is 3.85. The van der Waals surface area contributed by atoms with Gasteiger partial charge in [-0.05, 0) is 42.6 Å². The Morgan fingerprint density at radius 3 is 2.00 bits per heavy atom. The van der Waals surface area contributed by atoms with Gasteiger partial charge in [-0.2, -0.15) is 4.57 Å². The zero-order valence-corrected chi connectivity index (χ0v) is 16.8. The second kappa shape index (κ2) is 7.08. The summed E-state index contributed by atoms with van der Waals surface area (Å²) in [6, 6.07) is 12.4. The standard InChI is InChI=1S/C23H24NO4/c1-6-28-22-10-15-13-24(2)23-16(17(15)11-21(22)27-5)8-7-14-9-19(25-3)20(26-4)12-18(14)23/h7-13H,6H2,1-5H3/q+1. The maximum atomic E-state index is 5.75. The minimum Gasteiger partial charge on any atom is -0.493 e. The average molecular weight is 378 g/mol. The van der Waals surface area contributed by atoms with E-state index < -0.39 is 0 Å². The van der Waals surface area contributed by atoms with Gasteiger partial charge in [0.25, 0.3) is 0 Å². The molecule has 0 saturated heterocycles. The van der Waals surface area contributed by atoms with E-state index in [1.54, 1.807) is 21.3 Å². The Morgan fingerprint density at radius 1 is 0.714 bits per heavy atom. The molecule has 5 nitrogen and oxygen atoms in total. The van der Waals surface area contributed by atoms with Crippen molar-refractivity contribution in [2.75, 3.05) is 27.9 Å². The third-order valence-corrected chi connectivity index (χ3v) is 5.11. The van der Waals surface area contributed by atoms with E-state index in [0.29, 0.717) is 12.4 Å². The van der Waals surface area contributed by atoms with Crippen LogP contribution in [0.15, 0.2) is 42.6 Å². The van der Waals surface area contributed by atoms with Gasteiger partial charge in [0.15, 0.2) is 29.2 Å². The molecular weight excluding hydrogens is 354 g/mol. The van der Waals surface area contributed by atoms with Crippen LogP contribution in [0.2, 0.25) is 0 Å². The molecule has 0 spiro atoms. The van der Waals surface area contributed by atoms with Crippen LogP contribution in [-0.2, 0) is 7.05 Å². The Kier molecular flexibility index (Phi) is 4.59. The van der Waals surface area contributed by atoms with Crippen molar-refractivity contribution in [2.45, 2.75) is 6.92 Å². The Bertz CT molecular complexity index is 1200. The number of methoxy groups -OCH3 is 3. The van der Waals surface area contributed by atoms with Crippen molar-refractivity contribution in [2.24, 2.45) is 7.05 Å². The van der Waals surface area contributed by atoms with Crippen LogP contribution in [-0.4, -0.2) is 27.9 Å². The first-order chi connectivity index (χ1) is 13.6. The normalized spacial score (nSPS) is 11.2. The maximum Gasteiger partial charge on any atom is 0.220 e. The number of pyridine rings is 1. The lowest BCUT2D eigenvalue weighted by Gasteiger charge is -2.13. The molecular formula is C23H24NO4+. The molecule has 0 aliphatic rings. The zero-order chi connectivity index (χ0) is 19.8. The summed E-state index contributed by atoms with van der Waals surface area (Å²) in [6.07, 6.45) is 2.12. The molecule has 3 aromatic carbocycles. The molecule has 0 aliphatic carbocycles. The summed E-state index contributed by atoms with van der Waals surface area (Å²) in [7, 11) is 7.04. The van der Waals surface area contributed by atoms with Crippen LogP contribution in [0.1, 0.15) is 6.92 Å². The second-order valence-corrected chi connectivity index (χ2v) is 6.65. The predicted molar refractivity (Wildman–Crippen MR) is 111 cm³/mol. The van der Waals surface area contributed by atoms with Crippen molar-refractivity contribution in [3.63, 3.8) is 0 Å². The summed E-state index contributed by atoms with van der Waals surface area (Å²) in [6.45, 7) is 2.56. The van der Waals surface area contributed by atoms with Gasteiger partial charge in [-0.1, -0.05) is 6.07 Å². The predicted octanol–water partition coefficient (Wildman–Crippen LogP) is 4.40. The smallest absolute Gasteiger partial charge is 0.220 e. The van der Waals surface area contributed by atoms with Crippen LogP contribution in [0.3, 0.4) is 0 Å². The summed E-state index contributed by atoms with van der Waals surface area (Å²) in [5, 5.41) is 5.55. The molecule has 0 unspecified atom stereocenters. The van der Waals surface area contributed by atoms with Gasteiger partial charge in [0.05, 0.1) is 44.1 Å². The van der Waals surface area contributed by atoms with E-state index in [9.17, 15) is 0 Å². The lowest BCUT2D eigenvalue weighted by molar-refractivity contribution is -0.642. The molecule has 1 heterocycles. The molecule has 0 N–H and O–H groups in total. The van der Waals surface area contributed by atoms with E-state index in [1.165, 1.54) is 0 Å². The van der Waals surface area contributed by atoms with Crippen molar-refractivity contribution in [1.29, 1.82) is 0 Å². The highest BCUT2D eigenvalue weighted by Gasteiger charge is 2.19. The van der Waals surface area contributed by atoms with E-state index >= 15 is 0 Å². The number of aromatic nitrogens is 1. The average Bonchev–Trinajstić information content (AvgIpc) is 2.72. The summed E-state index contributed by atoms with van der Waals surface area (Å²) < 4.78 is 24.5. The molecule has 144 valence electrons. The minimum atomic E-state index is 0.591. The lowest BCUT2D eigenvalue weighted by Crippen LogP contribution is -2.28. The molecule has 0 aliphatic heterocycles. The van der Waals surface area contributed by atoms with Gasteiger partial charge in [-0.15, -0.1) is 0 Å². The van der Waals surface area contributed by atoms with Crippen LogP contribution >= 0.6 is 0 Å². The van der Waals surface area contributed by atoms with E-state index in [-0.39, 0.29) is 0 Å². The molecule has 5 heteroatoms. The molecule has 0 amide bonds. The van der Waals surface area contributed by atoms with E-state index in [1.807, 2.05) is 25.1 Å². The summed E-state index contributed by atoms with van der Waals surface area (Å²) in [5.41, 5.74) is 1.12. The molecule has 4 aromatic rings. The first kappa shape index (κ1) is 18.2. The fourth-order valence-electron chi connectivity index (χ4n) is 3.85. The molecule has 1 aromatic heterocycles. The minimum absolute atomic E-state index is 0.591. The first-order valence-corrected chi connectivity index (χ1v) is 9.22. The molecule has 0 radical (unpaired) electrons. The van der Waals surface area contributed by atoms with Crippen LogP contribution in [0, 0.1) is 0 Å². The number of ether oxygens (including phenoxy) is 4. The van der Waals surface area contributed by atoms with Gasteiger partial charge in [0.2, 0.25) is 5.52 Å². The molecule has 0 bridgehead atoms. The maximum absolute atomic E-state index is 5.75. The zero-order valence-electron chi connectivity index (χ0n) is 16.8. The van der Waals surface area contributed by atoms with Gasteiger partial charge in [0, 0.05) is 5.39 Å². The molecule has 4 rings (SSSR count). The van der Waals surface area contributed by atoms with Crippen molar-refractivity contribution in [1.82, 2.24) is 0 Å². The first-order valence-electron chi connectivity index (χ1n) is 9.22. The third-order valence-electron chi connectivity index (χ3n) is 5.11. The Labute approximate surface area is 164 Å². The SMILES string of the molecule is CCOc1cc2c[n+](C)c3c4cc(OC)c(OC)cc4ccc3c2cc1OC. The molecule has 28 heavy (non-hydrogen) atoms. The number of hydrogen-bond acceptors (Lipinski definition) is 4. The van der Waals surface area contributed by atoms with Crippen LogP contribution in [0.25, 0.3) is 32.4 Å². The summed E-state index contributed by atoms with van der Waals surface area (Å²) in [4.78, 5) is 0. The largest absolute Gasteiger partial charge is 0.493 e. The third kappa shape index (κ3) is 2.74. The topological polar surface area (TPSA) is 40.8 Å². The Balaban J connectivity index is 2.11. The Morgan fingerprint density at radius 2 is 1.32 bits per heavy atom. The highest BCUT2D eigenvalue weighted by Crippen LogP contribution is 2.39. The molecule has 0 fully saturated rings. The number of fused-ring (bicyclic) bond motifs is 5. The number of nitrogens with zero attached hydrogens (tertiary/aromatic N) is 1. The number of benzene rings is 3. The summed E-state index contributed by atoms with van der Waals surface area (Å²) in [5.74, 6) is 2.92. The van der Waals surface area contributed by atoms with Crippen molar-refractivity contribution >= 4 is 32.4 Å². The fraction of sp³-hybridized carbons (Fsp3) is 0.261. The van der Waals surface area contributed by atoms with Crippen molar-refractivity contribution in [3.05, 3.63) is 42.6 Å². The highest BCUT2D eigenvalue weighted by molar-refractivity contribution is 6.14. The summed E-state index contributed by atoms with van der Waals surface area (Å²) >= 11 is 0. The number of rotatable bonds is 5. The van der Waals surface area contributed by atoms with Gasteiger partial charge in [-0.25, -0.2) is 0 Å². The highest BCUT2D eigenvalue weighted by atomic mass is 16.5. The lowest BCUT2D eigenvalue weighted by atomic mass is 10.00. The quantitative estimate of drug-likeness (QED) is 0.381. The second-order valence-electron chi connectivity index (χ2n) is 6.65. The van der Waals surface area contributed by atoms with Crippen molar-refractivity contribution < 1.29 is 23.5 Å². The molecule has 0 atom stereocenters. The van der Waals surface area contributed by atoms with E-state index in [4.69, 9.17) is 18.9 Å². The van der Waals surface area contributed by atoms with Gasteiger partial charge < -0.3 is 18.9 Å².